The molecule has 0 aromatic carbocycles. The Hall–Kier alpha value is -1.07. The number of rotatable bonds is 6. The fraction of sp³-hybridized carbons (Fsp3) is 0.500. The first kappa shape index (κ1) is 14.0. The molecular weight excluding hydrogens is 234 g/mol. The summed E-state index contributed by atoms with van der Waals surface area (Å²) in [6.45, 7) is 4.67. The Labute approximate surface area is 107 Å². The molecule has 0 bridgehead atoms. The lowest BCUT2D eigenvalue weighted by Crippen LogP contribution is -2.24. The molecule has 17 heavy (non-hydrogen) atoms. The predicted octanol–water partition coefficient (Wildman–Crippen LogP) is 1.59. The first-order chi connectivity index (χ1) is 8.17. The topological polar surface area (TPSA) is 54.0 Å². The zero-order chi connectivity index (χ0) is 12.7. The first-order valence-electron chi connectivity index (χ1n) is 5.70. The minimum Gasteiger partial charge on any atom is -0.356 e. The van der Waals surface area contributed by atoms with E-state index < -0.39 is 0 Å². The first-order valence-corrected chi connectivity index (χ1v) is 6.68. The van der Waals surface area contributed by atoms with Crippen molar-refractivity contribution < 1.29 is 4.79 Å². The molecule has 0 saturated carbocycles. The molecule has 4 nitrogen and oxygen atoms in total. The highest BCUT2D eigenvalue weighted by molar-refractivity contribution is 7.99. The van der Waals surface area contributed by atoms with Crippen molar-refractivity contribution >= 4 is 17.7 Å². The van der Waals surface area contributed by atoms with E-state index in [0.717, 1.165) is 5.03 Å². The largest absolute Gasteiger partial charge is 0.356 e. The van der Waals surface area contributed by atoms with Crippen LogP contribution in [-0.4, -0.2) is 30.2 Å². The van der Waals surface area contributed by atoms with Gasteiger partial charge in [-0.1, -0.05) is 11.8 Å². The van der Waals surface area contributed by atoms with Crippen LogP contribution in [0.25, 0.3) is 0 Å². The molecule has 0 spiro atoms. The number of hydrogen-bond acceptors (Lipinski definition) is 4. The Bertz CT molecular complexity index is 371. The normalized spacial score (nSPS) is 12.2. The fourth-order valence-electron chi connectivity index (χ4n) is 1.33. The molecule has 0 aliphatic carbocycles. The van der Waals surface area contributed by atoms with Gasteiger partial charge in [-0.2, -0.15) is 0 Å². The van der Waals surface area contributed by atoms with Gasteiger partial charge in [-0.3, -0.25) is 4.79 Å². The van der Waals surface area contributed by atoms with Crippen molar-refractivity contribution in [3.63, 3.8) is 0 Å². The van der Waals surface area contributed by atoms with Crippen molar-refractivity contribution in [3.8, 4) is 0 Å². The fourth-order valence-corrected chi connectivity index (χ4v) is 2.06. The van der Waals surface area contributed by atoms with Gasteiger partial charge in [0.2, 0.25) is 5.91 Å². The molecule has 0 aliphatic heterocycles. The van der Waals surface area contributed by atoms with E-state index in [1.807, 2.05) is 26.1 Å². The van der Waals surface area contributed by atoms with Crippen LogP contribution in [-0.2, 0) is 4.79 Å². The van der Waals surface area contributed by atoms with E-state index in [-0.39, 0.29) is 5.91 Å². The van der Waals surface area contributed by atoms with Crippen LogP contribution in [0.2, 0.25) is 0 Å². The van der Waals surface area contributed by atoms with Gasteiger partial charge in [0, 0.05) is 18.8 Å². The second kappa shape index (κ2) is 7.29. The molecule has 1 rings (SSSR count). The lowest BCUT2D eigenvalue weighted by Gasteiger charge is -2.11. The number of nitrogens with zero attached hydrogens (tertiary/aromatic N) is 1. The number of nitrogens with one attached hydrogen (secondary N) is 2. The number of pyridine rings is 1. The highest BCUT2D eigenvalue weighted by atomic mass is 32.2. The minimum absolute atomic E-state index is 0.0476. The van der Waals surface area contributed by atoms with Crippen LogP contribution in [0.4, 0.5) is 0 Å². The van der Waals surface area contributed by atoms with E-state index in [2.05, 4.69) is 22.5 Å². The summed E-state index contributed by atoms with van der Waals surface area (Å²) in [5.74, 6) is 0.462. The number of amides is 1. The maximum absolute atomic E-state index is 11.3. The van der Waals surface area contributed by atoms with Gasteiger partial charge in [0.25, 0.3) is 0 Å². The van der Waals surface area contributed by atoms with Crippen LogP contribution in [0.15, 0.2) is 23.4 Å². The summed E-state index contributed by atoms with van der Waals surface area (Å²) in [7, 11) is 1.92. The van der Waals surface area contributed by atoms with Gasteiger partial charge in [-0.15, -0.1) is 0 Å². The van der Waals surface area contributed by atoms with Crippen molar-refractivity contribution in [3.05, 3.63) is 23.9 Å². The van der Waals surface area contributed by atoms with Gasteiger partial charge >= 0.3 is 0 Å². The van der Waals surface area contributed by atoms with Crippen LogP contribution in [0.3, 0.4) is 0 Å². The zero-order valence-electron chi connectivity index (χ0n) is 10.5. The summed E-state index contributed by atoms with van der Waals surface area (Å²) in [6, 6.07) is 4.30. The molecule has 2 N–H and O–H groups in total. The van der Waals surface area contributed by atoms with E-state index in [1.54, 1.807) is 6.20 Å². The molecule has 1 aromatic heterocycles. The van der Waals surface area contributed by atoms with Gasteiger partial charge in [0.15, 0.2) is 0 Å². The predicted molar refractivity (Wildman–Crippen MR) is 71.1 cm³/mol. The van der Waals surface area contributed by atoms with E-state index >= 15 is 0 Å². The molecule has 0 fully saturated rings. The Morgan fingerprint density at radius 3 is 3.00 bits per heavy atom. The average molecular weight is 253 g/mol. The van der Waals surface area contributed by atoms with E-state index in [4.69, 9.17) is 0 Å². The number of hydrogen-bond donors (Lipinski definition) is 2. The molecule has 0 saturated heterocycles. The summed E-state index contributed by atoms with van der Waals surface area (Å²) in [4.78, 5) is 15.6. The SMILES string of the molecule is CCNC(=O)CSc1cc(C(C)NC)ccn1. The Morgan fingerprint density at radius 2 is 2.35 bits per heavy atom. The number of aromatic nitrogens is 1. The van der Waals surface area contributed by atoms with E-state index in [0.29, 0.717) is 18.3 Å². The van der Waals surface area contributed by atoms with Crippen molar-refractivity contribution in [1.82, 2.24) is 15.6 Å². The highest BCUT2D eigenvalue weighted by Crippen LogP contribution is 2.19. The van der Waals surface area contributed by atoms with Crippen molar-refractivity contribution in [2.75, 3.05) is 19.3 Å². The lowest BCUT2D eigenvalue weighted by atomic mass is 10.1. The Kier molecular flexibility index (Phi) is 6.00. The summed E-state index contributed by atoms with van der Waals surface area (Å²) < 4.78 is 0. The summed E-state index contributed by atoms with van der Waals surface area (Å²) in [6.07, 6.45) is 1.78. The van der Waals surface area contributed by atoms with Crippen LogP contribution < -0.4 is 10.6 Å². The molecule has 1 aromatic rings. The van der Waals surface area contributed by atoms with Crippen LogP contribution >= 0.6 is 11.8 Å². The third-order valence-corrected chi connectivity index (χ3v) is 3.34. The molecule has 1 unspecified atom stereocenters. The molecule has 1 heterocycles. The Balaban J connectivity index is 2.57. The molecule has 1 amide bonds. The highest BCUT2D eigenvalue weighted by Gasteiger charge is 2.06. The molecular formula is C12H19N3OS. The van der Waals surface area contributed by atoms with Gasteiger partial charge in [-0.25, -0.2) is 4.98 Å². The number of carbonyl (C=O) groups is 1. The summed E-state index contributed by atoms with van der Waals surface area (Å²) >= 11 is 1.46. The molecule has 0 aliphatic rings. The summed E-state index contributed by atoms with van der Waals surface area (Å²) in [5, 5.41) is 6.83. The molecule has 1 atom stereocenters. The number of carbonyl (C=O) groups excluding carboxylic acids is 1. The maximum Gasteiger partial charge on any atom is 0.230 e. The Morgan fingerprint density at radius 1 is 1.59 bits per heavy atom. The average Bonchev–Trinajstić information content (AvgIpc) is 2.36. The van der Waals surface area contributed by atoms with Gasteiger partial charge in [-0.05, 0) is 38.6 Å². The minimum atomic E-state index is 0.0476. The van der Waals surface area contributed by atoms with Gasteiger partial charge in [0.05, 0.1) is 10.8 Å². The molecule has 0 radical (unpaired) electrons. The molecule has 5 heteroatoms. The summed E-state index contributed by atoms with van der Waals surface area (Å²) in [5.41, 5.74) is 1.18. The second-order valence-electron chi connectivity index (χ2n) is 3.68. The van der Waals surface area contributed by atoms with Gasteiger partial charge < -0.3 is 10.6 Å². The lowest BCUT2D eigenvalue weighted by molar-refractivity contribution is -0.118. The second-order valence-corrected chi connectivity index (χ2v) is 4.68. The number of thioether (sulfide) groups is 1. The van der Waals surface area contributed by atoms with Crippen LogP contribution in [0.1, 0.15) is 25.5 Å². The third-order valence-electron chi connectivity index (χ3n) is 2.42. The van der Waals surface area contributed by atoms with Crippen molar-refractivity contribution in [2.45, 2.75) is 24.9 Å². The quantitative estimate of drug-likeness (QED) is 0.756. The van der Waals surface area contributed by atoms with E-state index in [9.17, 15) is 4.79 Å². The molecule has 94 valence electrons. The zero-order valence-corrected chi connectivity index (χ0v) is 11.3. The van der Waals surface area contributed by atoms with Crippen molar-refractivity contribution in [2.24, 2.45) is 0 Å². The van der Waals surface area contributed by atoms with Crippen LogP contribution in [0, 0.1) is 0 Å². The monoisotopic (exact) mass is 253 g/mol. The third kappa shape index (κ3) is 4.75. The standard InChI is InChI=1S/C12H19N3OS/c1-4-14-11(16)8-17-12-7-10(5-6-15-12)9(2)13-3/h5-7,9,13H,4,8H2,1-3H3,(H,14,16). The smallest absolute Gasteiger partial charge is 0.230 e. The van der Waals surface area contributed by atoms with Crippen LogP contribution in [0.5, 0.6) is 0 Å². The maximum atomic E-state index is 11.3. The van der Waals surface area contributed by atoms with Gasteiger partial charge in [0.1, 0.15) is 0 Å². The van der Waals surface area contributed by atoms with Crippen molar-refractivity contribution in [1.29, 1.82) is 0 Å². The van der Waals surface area contributed by atoms with E-state index in [1.165, 1.54) is 17.3 Å².